The molecule has 0 radical (unpaired) electrons. The number of aryl methyl sites for hydroxylation is 1. The summed E-state index contributed by atoms with van der Waals surface area (Å²) in [6.07, 6.45) is 21.2. The lowest BCUT2D eigenvalue weighted by Crippen LogP contribution is -2.56. The second-order valence-corrected chi connectivity index (χ2v) is 25.1. The van der Waals surface area contributed by atoms with Crippen molar-refractivity contribution in [2.75, 3.05) is 14.7 Å². The van der Waals surface area contributed by atoms with Crippen molar-refractivity contribution in [3.05, 3.63) is 184 Å². The van der Waals surface area contributed by atoms with Gasteiger partial charge in [0.2, 0.25) is 0 Å². The van der Waals surface area contributed by atoms with Crippen LogP contribution in [0.1, 0.15) is 161 Å². The molecule has 0 saturated heterocycles. The van der Waals surface area contributed by atoms with Gasteiger partial charge in [0.15, 0.2) is 0 Å². The third kappa shape index (κ3) is 8.43. The van der Waals surface area contributed by atoms with E-state index in [9.17, 15) is 0 Å². The van der Waals surface area contributed by atoms with Crippen LogP contribution in [-0.2, 0) is 21.7 Å². The minimum atomic E-state index is -0.0234. The molecule has 2 unspecified atom stereocenters. The molecule has 4 aliphatic rings. The van der Waals surface area contributed by atoms with Gasteiger partial charge in [-0.2, -0.15) is 0 Å². The minimum absolute atomic E-state index is 0.0234. The summed E-state index contributed by atoms with van der Waals surface area (Å²) in [5, 5.41) is 3.70. The van der Waals surface area contributed by atoms with Crippen LogP contribution in [0.4, 0.5) is 34.1 Å². The molecule has 1 fully saturated rings. The molecule has 0 amide bonds. The third-order valence-corrected chi connectivity index (χ3v) is 17.4. The summed E-state index contributed by atoms with van der Waals surface area (Å²) in [5.41, 5.74) is 20.1. The topological polar surface area (TPSA) is 9.72 Å². The summed E-state index contributed by atoms with van der Waals surface area (Å²) in [4.78, 5) is 7.86. The van der Waals surface area contributed by atoms with Gasteiger partial charge >= 0.3 is 0 Å². The van der Waals surface area contributed by atoms with Crippen LogP contribution in [0, 0.1) is 6.92 Å². The summed E-state index contributed by atoms with van der Waals surface area (Å²) in [6.45, 7) is 28.2. The summed E-state index contributed by atoms with van der Waals surface area (Å²) in [5.74, 6) is 0. The van der Waals surface area contributed by atoms with Gasteiger partial charge in [0.25, 0.3) is 0 Å². The van der Waals surface area contributed by atoms with E-state index in [-0.39, 0.29) is 27.2 Å². The average Bonchev–Trinajstić information content (AvgIpc) is 3.82. The largest absolute Gasteiger partial charge is 0.335 e. The van der Waals surface area contributed by atoms with E-state index in [0.29, 0.717) is 0 Å². The predicted molar refractivity (Wildman–Crippen MR) is 301 cm³/mol. The van der Waals surface area contributed by atoms with Crippen molar-refractivity contribution in [3.8, 4) is 0 Å². The number of nitrogens with zero attached hydrogens (tertiary/aromatic N) is 3. The molecule has 69 heavy (non-hydrogen) atoms. The van der Waals surface area contributed by atoms with E-state index in [1.807, 2.05) is 11.3 Å². The molecule has 6 aromatic rings. The highest BCUT2D eigenvalue weighted by Gasteiger charge is 2.58. The summed E-state index contributed by atoms with van der Waals surface area (Å²) in [7, 11) is 0. The van der Waals surface area contributed by atoms with Gasteiger partial charge in [-0.15, -0.1) is 11.3 Å². The Kier molecular flexibility index (Phi) is 11.9. The molecular formula is C65H75N3S. The fraction of sp³-hybridized carbons (Fsp3) is 0.385. The number of anilines is 6. The molecule has 0 N–H and O–H groups in total. The van der Waals surface area contributed by atoms with Crippen LogP contribution in [0.5, 0.6) is 0 Å². The predicted octanol–water partition coefficient (Wildman–Crippen LogP) is 19.1. The number of rotatable bonds is 8. The van der Waals surface area contributed by atoms with E-state index in [0.717, 1.165) is 42.7 Å². The molecule has 5 aromatic carbocycles. The molecule has 2 atom stereocenters. The SMILES string of the molecule is Cc1cc(C(C)(C)C)ccc1N(C1=CC(N2c3ccc(C4=CC=CCC4)cc3C3(C)CCCCC23C)=CCC1)c1csc2cc(N(c3ccc(C(C)(C)C)cc3)c3ccc(C(C)(C)C)cc3)ccc12. The Morgan fingerprint density at radius 3 is 1.87 bits per heavy atom. The normalized spacial score (nSPS) is 20.6. The molecule has 3 aliphatic carbocycles. The molecule has 2 heterocycles. The maximum atomic E-state index is 2.79. The first-order chi connectivity index (χ1) is 32.7. The van der Waals surface area contributed by atoms with E-state index in [1.165, 1.54) is 103 Å². The van der Waals surface area contributed by atoms with Crippen molar-refractivity contribution < 1.29 is 0 Å². The van der Waals surface area contributed by atoms with E-state index < -0.39 is 0 Å². The van der Waals surface area contributed by atoms with Crippen molar-refractivity contribution in [2.24, 2.45) is 0 Å². The van der Waals surface area contributed by atoms with Gasteiger partial charge in [-0.3, -0.25) is 0 Å². The Bertz CT molecular complexity index is 2990. The van der Waals surface area contributed by atoms with Crippen LogP contribution in [0.15, 0.2) is 150 Å². The Labute approximate surface area is 419 Å². The van der Waals surface area contributed by atoms with E-state index >= 15 is 0 Å². The number of hydrogen-bond acceptors (Lipinski definition) is 4. The highest BCUT2D eigenvalue weighted by Crippen LogP contribution is 2.61. The second-order valence-electron chi connectivity index (χ2n) is 24.2. The molecule has 1 aliphatic heterocycles. The van der Waals surface area contributed by atoms with Crippen LogP contribution in [0.2, 0.25) is 0 Å². The van der Waals surface area contributed by atoms with Gasteiger partial charge in [0.05, 0.1) is 11.2 Å². The van der Waals surface area contributed by atoms with Crippen LogP contribution in [0.25, 0.3) is 15.7 Å². The van der Waals surface area contributed by atoms with Gasteiger partial charge in [-0.1, -0.05) is 149 Å². The highest BCUT2D eigenvalue weighted by atomic mass is 32.1. The summed E-state index contributed by atoms with van der Waals surface area (Å²) >= 11 is 1.86. The maximum absolute atomic E-state index is 2.79. The monoisotopic (exact) mass is 930 g/mol. The molecule has 3 nitrogen and oxygen atoms in total. The van der Waals surface area contributed by atoms with Crippen molar-refractivity contribution in [3.63, 3.8) is 0 Å². The fourth-order valence-corrected chi connectivity index (χ4v) is 12.9. The van der Waals surface area contributed by atoms with Crippen molar-refractivity contribution >= 4 is 61.1 Å². The van der Waals surface area contributed by atoms with Gasteiger partial charge in [0.1, 0.15) is 0 Å². The van der Waals surface area contributed by atoms with Crippen molar-refractivity contribution in [2.45, 2.75) is 162 Å². The van der Waals surface area contributed by atoms with E-state index in [1.54, 1.807) is 0 Å². The Balaban J connectivity index is 1.09. The molecule has 356 valence electrons. The Hall–Kier alpha value is -5.58. The maximum Gasteiger partial charge on any atom is 0.0644 e. The lowest BCUT2D eigenvalue weighted by Gasteiger charge is -2.51. The lowest BCUT2D eigenvalue weighted by atomic mass is 9.61. The van der Waals surface area contributed by atoms with Gasteiger partial charge < -0.3 is 14.7 Å². The number of thiophene rings is 1. The van der Waals surface area contributed by atoms with Crippen molar-refractivity contribution in [1.82, 2.24) is 0 Å². The zero-order valence-electron chi connectivity index (χ0n) is 43.7. The first-order valence-electron chi connectivity index (χ1n) is 25.9. The quantitative estimate of drug-likeness (QED) is 0.151. The van der Waals surface area contributed by atoms with E-state index in [2.05, 4.69) is 237 Å². The number of hydrogen-bond donors (Lipinski definition) is 0. The second kappa shape index (κ2) is 17.4. The van der Waals surface area contributed by atoms with Crippen LogP contribution in [-0.4, -0.2) is 5.54 Å². The fourth-order valence-electron chi connectivity index (χ4n) is 12.0. The zero-order valence-corrected chi connectivity index (χ0v) is 44.5. The molecule has 1 aromatic heterocycles. The molecule has 10 rings (SSSR count). The Morgan fingerprint density at radius 1 is 0.609 bits per heavy atom. The highest BCUT2D eigenvalue weighted by molar-refractivity contribution is 7.17. The third-order valence-electron chi connectivity index (χ3n) is 16.4. The molecule has 1 saturated carbocycles. The van der Waals surface area contributed by atoms with Gasteiger partial charge in [0, 0.05) is 60.7 Å². The first-order valence-corrected chi connectivity index (χ1v) is 26.8. The zero-order chi connectivity index (χ0) is 48.7. The average molecular weight is 930 g/mol. The van der Waals surface area contributed by atoms with Crippen LogP contribution in [0.3, 0.4) is 0 Å². The van der Waals surface area contributed by atoms with Crippen LogP contribution < -0.4 is 14.7 Å². The van der Waals surface area contributed by atoms with Gasteiger partial charge in [-0.25, -0.2) is 0 Å². The molecule has 0 spiro atoms. The first kappa shape index (κ1) is 47.1. The standard InChI is InChI=1S/C65H75N3S/c1-44-39-49(63(8,9)10)28-36-57(44)67(52-21-18-22-54(41-52)68-58-35-23-46(45-19-14-13-15-20-45)40-56(58)64(11)37-16-17-38-65(64,68)12)59-43-69-60-42-53(33-34-55(59)60)66(50-29-24-47(25-30-50)61(2,3)4)51-31-26-48(27-32-51)62(5,6)7/h13-14,19,22-36,39-43H,15-18,20-21,37-38H2,1-12H3. The number of fused-ring (bicyclic) bond motifs is 4. The van der Waals surface area contributed by atoms with E-state index in [4.69, 9.17) is 0 Å². The smallest absolute Gasteiger partial charge is 0.0644 e. The van der Waals surface area contributed by atoms with Crippen LogP contribution >= 0.6 is 11.3 Å². The number of allylic oxidation sites excluding steroid dienone is 7. The summed E-state index contributed by atoms with van der Waals surface area (Å²) in [6, 6.07) is 40.3. The molecule has 4 heteroatoms. The Morgan fingerprint density at radius 2 is 1.25 bits per heavy atom. The molecule has 0 bridgehead atoms. The lowest BCUT2D eigenvalue weighted by molar-refractivity contribution is 0.191. The summed E-state index contributed by atoms with van der Waals surface area (Å²) < 4.78 is 1.28. The van der Waals surface area contributed by atoms with Gasteiger partial charge in [-0.05, 0) is 174 Å². The van der Waals surface area contributed by atoms with Crippen molar-refractivity contribution in [1.29, 1.82) is 0 Å². The molecular weight excluding hydrogens is 855 g/mol. The minimum Gasteiger partial charge on any atom is -0.335 e. The number of benzene rings is 5.